The van der Waals surface area contributed by atoms with Crippen LogP contribution in [-0.4, -0.2) is 92.9 Å². The van der Waals surface area contributed by atoms with Crippen molar-refractivity contribution in [2.75, 3.05) is 32.7 Å². The lowest BCUT2D eigenvalue weighted by atomic mass is 9.85. The van der Waals surface area contributed by atoms with Crippen LogP contribution in [0.3, 0.4) is 0 Å². The van der Waals surface area contributed by atoms with Gasteiger partial charge in [-0.15, -0.1) is 0 Å². The second-order valence-corrected chi connectivity index (χ2v) is 14.6. The summed E-state index contributed by atoms with van der Waals surface area (Å²) < 4.78 is 18.8. The van der Waals surface area contributed by atoms with Gasteiger partial charge in [0, 0.05) is 54.3 Å². The highest BCUT2D eigenvalue weighted by molar-refractivity contribution is 6.13. The first kappa shape index (κ1) is 35.6. The topological polar surface area (TPSA) is 158 Å². The number of hydrogen-bond acceptors (Lipinski definition) is 11. The molecule has 1 atom stereocenters. The highest BCUT2D eigenvalue weighted by Crippen LogP contribution is 2.42. The normalized spacial score (nSPS) is 21.3. The smallest absolute Gasteiger partial charge is 0.415 e. The Bertz CT molecular complexity index is 2160. The lowest BCUT2D eigenvalue weighted by Gasteiger charge is -2.39. The van der Waals surface area contributed by atoms with Gasteiger partial charge in [0.2, 0.25) is 5.60 Å². The number of rotatable bonds is 8. The van der Waals surface area contributed by atoms with E-state index in [1.54, 1.807) is 34.6 Å². The molecule has 54 heavy (non-hydrogen) atoms. The lowest BCUT2D eigenvalue weighted by Crippen LogP contribution is -2.48. The molecule has 2 saturated heterocycles. The molecule has 1 aromatic carbocycles. The zero-order chi connectivity index (χ0) is 37.7. The number of piperidine rings is 2. The number of hydrogen-bond donors (Lipinski definition) is 0. The van der Waals surface area contributed by atoms with Crippen LogP contribution in [0.25, 0.3) is 22.3 Å². The number of aromatic nitrogens is 2. The Kier molecular flexibility index (Phi) is 9.32. The first-order valence-electron chi connectivity index (χ1n) is 19.0. The fourth-order valence-electron chi connectivity index (χ4n) is 8.73. The first-order valence-corrected chi connectivity index (χ1v) is 19.0. The van der Waals surface area contributed by atoms with E-state index in [0.29, 0.717) is 48.2 Å². The molecule has 0 bridgehead atoms. The van der Waals surface area contributed by atoms with Crippen molar-refractivity contribution in [2.45, 2.75) is 90.0 Å². The summed E-state index contributed by atoms with van der Waals surface area (Å²) >= 11 is 0. The fourth-order valence-corrected chi connectivity index (χ4v) is 8.73. The second-order valence-electron chi connectivity index (χ2n) is 14.6. The van der Waals surface area contributed by atoms with Crippen molar-refractivity contribution in [2.24, 2.45) is 0 Å². The number of carbonyl (C=O) groups is 5. The predicted octanol–water partition coefficient (Wildman–Crippen LogP) is 3.96. The molecule has 7 heterocycles. The van der Waals surface area contributed by atoms with Gasteiger partial charge in [-0.1, -0.05) is 20.3 Å². The Labute approximate surface area is 311 Å². The highest BCUT2D eigenvalue weighted by atomic mass is 16.6. The van der Waals surface area contributed by atoms with Crippen molar-refractivity contribution < 1.29 is 38.2 Å². The number of amides is 3. The summed E-state index contributed by atoms with van der Waals surface area (Å²) in [6.07, 6.45) is 7.79. The summed E-state index contributed by atoms with van der Waals surface area (Å²) in [6.45, 7) is 7.00. The summed E-state index contributed by atoms with van der Waals surface area (Å²) in [4.78, 5) is 88.2. The van der Waals surface area contributed by atoms with Crippen LogP contribution in [0.1, 0.15) is 81.0 Å². The molecule has 5 aliphatic heterocycles. The average Bonchev–Trinajstić information content (AvgIpc) is 3.72. The number of cyclic esters (lactones) is 1. The Morgan fingerprint density at radius 3 is 2.39 bits per heavy atom. The monoisotopic (exact) mass is 737 g/mol. The quantitative estimate of drug-likeness (QED) is 0.191. The number of benzene rings is 1. The molecule has 0 spiro atoms. The van der Waals surface area contributed by atoms with Gasteiger partial charge >= 0.3 is 18.0 Å². The summed E-state index contributed by atoms with van der Waals surface area (Å²) in [6, 6.07) is 7.58. The first-order chi connectivity index (χ1) is 26.1. The molecular weight excluding hydrogens is 694 g/mol. The van der Waals surface area contributed by atoms with Crippen molar-refractivity contribution in [1.82, 2.24) is 24.3 Å². The van der Waals surface area contributed by atoms with E-state index >= 15 is 0 Å². The molecule has 0 aliphatic carbocycles. The molecule has 14 nitrogen and oxygen atoms in total. The zero-order valence-corrected chi connectivity index (χ0v) is 30.6. The van der Waals surface area contributed by atoms with Gasteiger partial charge in [-0.25, -0.2) is 14.6 Å². The molecule has 282 valence electrons. The van der Waals surface area contributed by atoms with Gasteiger partial charge < -0.3 is 28.6 Å². The van der Waals surface area contributed by atoms with Crippen molar-refractivity contribution in [3.8, 4) is 17.1 Å². The van der Waals surface area contributed by atoms with Crippen LogP contribution in [0.15, 0.2) is 41.2 Å². The number of ether oxygens (including phenoxy) is 3. The minimum atomic E-state index is -1.91. The van der Waals surface area contributed by atoms with Crippen LogP contribution in [-0.2, 0) is 53.8 Å². The number of fused-ring (bicyclic) bond motifs is 5. The van der Waals surface area contributed by atoms with Gasteiger partial charge in [-0.2, -0.15) is 0 Å². The van der Waals surface area contributed by atoms with Gasteiger partial charge in [-0.3, -0.25) is 24.1 Å². The van der Waals surface area contributed by atoms with Crippen LogP contribution in [0.4, 0.5) is 4.79 Å². The largest absolute Gasteiger partial charge is 0.457 e. The third kappa shape index (κ3) is 6.05. The van der Waals surface area contributed by atoms with Crippen LogP contribution in [0.5, 0.6) is 5.75 Å². The number of esters is 2. The molecule has 3 aromatic rings. The Morgan fingerprint density at radius 2 is 1.69 bits per heavy atom. The molecular formula is C40H43N5O9. The zero-order valence-electron chi connectivity index (χ0n) is 30.6. The van der Waals surface area contributed by atoms with Crippen molar-refractivity contribution in [3.05, 3.63) is 69.0 Å². The molecule has 2 fully saturated rings. The SMILES string of the molecule is CCc1c2c(nc3ccc(OC(=O)N4CCC(N5CCCCC5)CC4)cc13)-c1cc3c(c(=O)n1C2)COC(=O)C3(CC)OC(=O)CCN1C(=O)C=CC1=O. The standard InChI is InChI=1S/C40H43N5O9/c1-3-26-27-20-25(53-39(51)43-17-12-24(13-18-43)42-15-6-5-7-16-42)8-9-31(27)41-36-28(26)22-45-32(36)21-30-29(37(45)49)23-52-38(50)40(30,4-2)54-35(48)14-19-44-33(46)10-11-34(44)47/h8-11,20-21,24H,3-7,12-19,22-23H2,1-2H3. The van der Waals surface area contributed by atoms with Crippen LogP contribution in [0, 0.1) is 0 Å². The number of likely N-dealkylation sites (tertiary alicyclic amines) is 2. The fraction of sp³-hybridized carbons (Fsp3) is 0.475. The van der Waals surface area contributed by atoms with E-state index < -0.39 is 29.4 Å². The van der Waals surface area contributed by atoms with Crippen molar-refractivity contribution in [3.63, 3.8) is 0 Å². The molecule has 3 amide bonds. The second kappa shape index (κ2) is 14.1. The third-order valence-electron chi connectivity index (χ3n) is 11.7. The summed E-state index contributed by atoms with van der Waals surface area (Å²) in [5.74, 6) is -2.29. The number of imide groups is 1. The maximum atomic E-state index is 14.1. The van der Waals surface area contributed by atoms with Gasteiger partial charge in [0.05, 0.1) is 35.4 Å². The molecule has 0 N–H and O–H groups in total. The van der Waals surface area contributed by atoms with E-state index in [4.69, 9.17) is 19.2 Å². The molecule has 1 unspecified atom stereocenters. The van der Waals surface area contributed by atoms with Crippen LogP contribution >= 0.6 is 0 Å². The van der Waals surface area contributed by atoms with Gasteiger partial charge in [0.15, 0.2) is 0 Å². The molecule has 2 aromatic heterocycles. The highest BCUT2D eigenvalue weighted by Gasteiger charge is 2.50. The Balaban J connectivity index is 1.05. The maximum absolute atomic E-state index is 14.1. The van der Waals surface area contributed by atoms with E-state index in [1.165, 1.54) is 19.3 Å². The summed E-state index contributed by atoms with van der Waals surface area (Å²) in [7, 11) is 0. The van der Waals surface area contributed by atoms with Gasteiger partial charge in [-0.05, 0) is 81.4 Å². The van der Waals surface area contributed by atoms with E-state index in [-0.39, 0.29) is 55.3 Å². The van der Waals surface area contributed by atoms with Crippen LogP contribution in [0.2, 0.25) is 0 Å². The number of aryl methyl sites for hydroxylation is 1. The Morgan fingerprint density at radius 1 is 0.944 bits per heavy atom. The Hall–Kier alpha value is -5.37. The minimum Gasteiger partial charge on any atom is -0.457 e. The van der Waals surface area contributed by atoms with Crippen LogP contribution < -0.4 is 10.3 Å². The van der Waals surface area contributed by atoms with E-state index in [1.807, 2.05) is 13.0 Å². The van der Waals surface area contributed by atoms with Gasteiger partial charge in [0.25, 0.3) is 17.4 Å². The molecule has 14 heteroatoms. The van der Waals surface area contributed by atoms with E-state index in [9.17, 15) is 28.8 Å². The molecule has 8 rings (SSSR count). The van der Waals surface area contributed by atoms with Gasteiger partial charge in [0.1, 0.15) is 12.4 Å². The summed E-state index contributed by atoms with van der Waals surface area (Å²) in [5, 5.41) is 0.816. The number of nitrogens with zero attached hydrogens (tertiary/aromatic N) is 5. The van der Waals surface area contributed by atoms with Crippen molar-refractivity contribution in [1.29, 1.82) is 0 Å². The van der Waals surface area contributed by atoms with E-state index in [2.05, 4.69) is 4.90 Å². The number of pyridine rings is 2. The minimum absolute atomic E-state index is 0.0211. The molecule has 0 radical (unpaired) electrons. The third-order valence-corrected chi connectivity index (χ3v) is 11.7. The molecule has 0 saturated carbocycles. The predicted molar refractivity (Wildman–Crippen MR) is 194 cm³/mol. The average molecular weight is 738 g/mol. The summed E-state index contributed by atoms with van der Waals surface area (Å²) in [5.41, 5.74) is 1.65. The maximum Gasteiger partial charge on any atom is 0.415 e. The van der Waals surface area contributed by atoms with E-state index in [0.717, 1.165) is 59.5 Å². The molecule has 5 aliphatic rings. The van der Waals surface area contributed by atoms with Crippen molar-refractivity contribution >= 4 is 40.7 Å². The number of carbonyl (C=O) groups excluding carboxylic acids is 5. The lowest BCUT2D eigenvalue weighted by molar-refractivity contribution is -0.189.